The van der Waals surface area contributed by atoms with Gasteiger partial charge < -0.3 is 5.11 Å². The van der Waals surface area contributed by atoms with Gasteiger partial charge in [-0.25, -0.2) is 8.78 Å². The van der Waals surface area contributed by atoms with E-state index >= 15 is 0 Å². The van der Waals surface area contributed by atoms with E-state index in [1.807, 2.05) is 18.2 Å². The first-order valence-corrected chi connectivity index (χ1v) is 6.75. The molecule has 20 heavy (non-hydrogen) atoms. The van der Waals surface area contributed by atoms with Crippen molar-refractivity contribution >= 4 is 11.6 Å². The number of hydrogen-bond donors (Lipinski definition) is 1. The number of halogens is 3. The van der Waals surface area contributed by atoms with Gasteiger partial charge in [0.25, 0.3) is 0 Å². The lowest BCUT2D eigenvalue weighted by Crippen LogP contribution is -2.13. The van der Waals surface area contributed by atoms with E-state index in [9.17, 15) is 13.9 Å². The van der Waals surface area contributed by atoms with Crippen LogP contribution in [0.4, 0.5) is 8.78 Å². The Morgan fingerprint density at radius 1 is 1.00 bits per heavy atom. The molecular formula is C16H15ClF2O. The van der Waals surface area contributed by atoms with Gasteiger partial charge >= 0.3 is 0 Å². The lowest BCUT2D eigenvalue weighted by atomic mass is 9.93. The monoisotopic (exact) mass is 296 g/mol. The highest BCUT2D eigenvalue weighted by Gasteiger charge is 2.13. The summed E-state index contributed by atoms with van der Waals surface area (Å²) in [6.45, 7) is -0.0661. The van der Waals surface area contributed by atoms with Crippen LogP contribution in [0.1, 0.15) is 11.1 Å². The van der Waals surface area contributed by atoms with Crippen molar-refractivity contribution in [2.24, 2.45) is 5.92 Å². The predicted molar refractivity (Wildman–Crippen MR) is 75.8 cm³/mol. The lowest BCUT2D eigenvalue weighted by molar-refractivity contribution is 0.225. The second-order valence-electron chi connectivity index (χ2n) is 4.83. The quantitative estimate of drug-likeness (QED) is 0.884. The van der Waals surface area contributed by atoms with Crippen LogP contribution in [0, 0.1) is 17.6 Å². The zero-order chi connectivity index (χ0) is 14.5. The van der Waals surface area contributed by atoms with Crippen LogP contribution in [0.15, 0.2) is 42.5 Å². The standard InChI is InChI=1S/C16H15ClF2O/c17-16-4-2-1-3-13(16)6-12(10-20)5-11-7-14(18)9-15(19)8-11/h1-4,7-9,12,20H,5-6,10H2. The molecule has 2 rings (SSSR count). The molecule has 2 aromatic rings. The molecule has 0 fully saturated rings. The second-order valence-corrected chi connectivity index (χ2v) is 5.23. The van der Waals surface area contributed by atoms with Crippen LogP contribution in [-0.2, 0) is 12.8 Å². The van der Waals surface area contributed by atoms with Gasteiger partial charge in [-0.05, 0) is 48.1 Å². The van der Waals surface area contributed by atoms with Crippen molar-refractivity contribution in [3.63, 3.8) is 0 Å². The number of hydrogen-bond acceptors (Lipinski definition) is 1. The average molecular weight is 297 g/mol. The fourth-order valence-corrected chi connectivity index (χ4v) is 2.45. The van der Waals surface area contributed by atoms with Gasteiger partial charge in [0.15, 0.2) is 0 Å². The van der Waals surface area contributed by atoms with Crippen LogP contribution in [0.25, 0.3) is 0 Å². The molecule has 0 amide bonds. The summed E-state index contributed by atoms with van der Waals surface area (Å²) in [5.41, 5.74) is 1.46. The zero-order valence-electron chi connectivity index (χ0n) is 10.8. The van der Waals surface area contributed by atoms with Gasteiger partial charge in [0.2, 0.25) is 0 Å². The maximum absolute atomic E-state index is 13.1. The van der Waals surface area contributed by atoms with Crippen LogP contribution >= 0.6 is 11.6 Å². The van der Waals surface area contributed by atoms with E-state index in [1.54, 1.807) is 6.07 Å². The van der Waals surface area contributed by atoms with E-state index in [1.165, 1.54) is 12.1 Å². The molecule has 0 heterocycles. The van der Waals surface area contributed by atoms with E-state index in [0.29, 0.717) is 23.4 Å². The smallest absolute Gasteiger partial charge is 0.126 e. The van der Waals surface area contributed by atoms with E-state index in [-0.39, 0.29) is 12.5 Å². The van der Waals surface area contributed by atoms with Crippen molar-refractivity contribution in [2.45, 2.75) is 12.8 Å². The fourth-order valence-electron chi connectivity index (χ4n) is 2.24. The minimum Gasteiger partial charge on any atom is -0.396 e. The van der Waals surface area contributed by atoms with Crippen LogP contribution in [0.3, 0.4) is 0 Å². The fraction of sp³-hybridized carbons (Fsp3) is 0.250. The van der Waals surface area contributed by atoms with Crippen molar-refractivity contribution < 1.29 is 13.9 Å². The number of aliphatic hydroxyl groups is 1. The summed E-state index contributed by atoms with van der Waals surface area (Å²) in [5, 5.41) is 10.1. The van der Waals surface area contributed by atoms with Gasteiger partial charge in [-0.15, -0.1) is 0 Å². The Bertz CT molecular complexity index is 566. The Hall–Kier alpha value is -1.45. The van der Waals surface area contributed by atoms with Crippen molar-refractivity contribution in [3.8, 4) is 0 Å². The Morgan fingerprint density at radius 3 is 2.25 bits per heavy atom. The first-order chi connectivity index (χ1) is 9.58. The zero-order valence-corrected chi connectivity index (χ0v) is 11.6. The molecule has 0 aromatic heterocycles. The summed E-state index contributed by atoms with van der Waals surface area (Å²) < 4.78 is 26.3. The molecule has 0 aliphatic rings. The molecule has 106 valence electrons. The van der Waals surface area contributed by atoms with Gasteiger partial charge in [0.05, 0.1) is 0 Å². The summed E-state index contributed by atoms with van der Waals surface area (Å²) in [5.74, 6) is -1.33. The Balaban J connectivity index is 2.11. The largest absolute Gasteiger partial charge is 0.396 e. The summed E-state index contributed by atoms with van der Waals surface area (Å²) in [6.07, 6.45) is 0.963. The SMILES string of the molecule is OCC(Cc1cc(F)cc(F)c1)Cc1ccccc1Cl. The molecule has 0 aliphatic heterocycles. The molecule has 0 saturated carbocycles. The highest BCUT2D eigenvalue weighted by atomic mass is 35.5. The Labute approximate surface area is 121 Å². The van der Waals surface area contributed by atoms with Gasteiger partial charge in [0, 0.05) is 17.7 Å². The molecular weight excluding hydrogens is 282 g/mol. The van der Waals surface area contributed by atoms with Crippen LogP contribution in [0.5, 0.6) is 0 Å². The molecule has 0 saturated heterocycles. The van der Waals surface area contributed by atoms with Gasteiger partial charge in [-0.1, -0.05) is 29.8 Å². The highest BCUT2D eigenvalue weighted by Crippen LogP contribution is 2.21. The molecule has 1 unspecified atom stereocenters. The minimum atomic E-state index is -0.602. The summed E-state index contributed by atoms with van der Waals surface area (Å²) in [7, 11) is 0. The van der Waals surface area contributed by atoms with Crippen LogP contribution < -0.4 is 0 Å². The van der Waals surface area contributed by atoms with Crippen LogP contribution in [0.2, 0.25) is 5.02 Å². The lowest BCUT2D eigenvalue weighted by Gasteiger charge is -2.15. The third-order valence-corrected chi connectivity index (χ3v) is 3.54. The van der Waals surface area contributed by atoms with Crippen LogP contribution in [-0.4, -0.2) is 11.7 Å². The molecule has 2 aromatic carbocycles. The number of benzene rings is 2. The molecule has 1 N–H and O–H groups in total. The second kappa shape index (κ2) is 6.82. The van der Waals surface area contributed by atoms with Crippen molar-refractivity contribution in [1.29, 1.82) is 0 Å². The first-order valence-electron chi connectivity index (χ1n) is 6.37. The van der Waals surface area contributed by atoms with Gasteiger partial charge in [-0.2, -0.15) is 0 Å². The third kappa shape index (κ3) is 4.02. The molecule has 0 aliphatic carbocycles. The Morgan fingerprint density at radius 2 is 1.65 bits per heavy atom. The van der Waals surface area contributed by atoms with Crippen molar-refractivity contribution in [2.75, 3.05) is 6.61 Å². The van der Waals surface area contributed by atoms with E-state index in [0.717, 1.165) is 11.6 Å². The van der Waals surface area contributed by atoms with Crippen molar-refractivity contribution in [3.05, 3.63) is 70.2 Å². The number of aliphatic hydroxyl groups excluding tert-OH is 1. The summed E-state index contributed by atoms with van der Waals surface area (Å²) >= 11 is 6.08. The first kappa shape index (κ1) is 14.9. The van der Waals surface area contributed by atoms with E-state index in [4.69, 9.17) is 11.6 Å². The molecule has 0 radical (unpaired) electrons. The highest BCUT2D eigenvalue weighted by molar-refractivity contribution is 6.31. The molecule has 0 bridgehead atoms. The van der Waals surface area contributed by atoms with Gasteiger partial charge in [-0.3, -0.25) is 0 Å². The summed E-state index contributed by atoms with van der Waals surface area (Å²) in [6, 6.07) is 10.8. The summed E-state index contributed by atoms with van der Waals surface area (Å²) in [4.78, 5) is 0. The minimum absolute atomic E-state index is 0.0661. The van der Waals surface area contributed by atoms with Crippen molar-refractivity contribution in [1.82, 2.24) is 0 Å². The molecule has 0 spiro atoms. The molecule has 1 nitrogen and oxygen atoms in total. The maximum atomic E-state index is 13.1. The van der Waals surface area contributed by atoms with Gasteiger partial charge in [0.1, 0.15) is 11.6 Å². The normalized spacial score (nSPS) is 12.4. The number of rotatable bonds is 5. The molecule has 1 atom stereocenters. The predicted octanol–water partition coefficient (Wildman–Crippen LogP) is 4.01. The third-order valence-electron chi connectivity index (χ3n) is 3.17. The topological polar surface area (TPSA) is 20.2 Å². The maximum Gasteiger partial charge on any atom is 0.126 e. The molecule has 4 heteroatoms. The van der Waals surface area contributed by atoms with E-state index in [2.05, 4.69) is 0 Å². The Kier molecular flexibility index (Phi) is 5.10. The van der Waals surface area contributed by atoms with E-state index < -0.39 is 11.6 Å². The average Bonchev–Trinajstić information content (AvgIpc) is 2.39.